The zero-order valence-electron chi connectivity index (χ0n) is 6.17. The van der Waals surface area contributed by atoms with Crippen molar-refractivity contribution in [3.63, 3.8) is 0 Å². The molecule has 0 aliphatic carbocycles. The fourth-order valence-corrected chi connectivity index (χ4v) is 0.992. The van der Waals surface area contributed by atoms with Gasteiger partial charge in [-0.05, 0) is 18.1 Å². The van der Waals surface area contributed by atoms with E-state index in [4.69, 9.17) is 0 Å². The summed E-state index contributed by atoms with van der Waals surface area (Å²) in [6.45, 7) is 2.10. The number of phenolic OH excluding ortho intramolecular Hbond substituents is 1. The molecule has 0 unspecified atom stereocenters. The third-order valence-corrected chi connectivity index (χ3v) is 1.51. The largest absolute Gasteiger partial charge is 0.508 e. The van der Waals surface area contributed by atoms with Gasteiger partial charge in [0.05, 0.1) is 0 Å². The van der Waals surface area contributed by atoms with Crippen LogP contribution in [-0.4, -0.2) is 28.2 Å². The predicted molar refractivity (Wildman–Crippen MR) is 50.6 cm³/mol. The van der Waals surface area contributed by atoms with Gasteiger partial charge >= 0.3 is 23.1 Å². The van der Waals surface area contributed by atoms with E-state index in [9.17, 15) is 5.11 Å². The Labute approximate surface area is 83.6 Å². The molecule has 2 heteroatoms. The fourth-order valence-electron chi connectivity index (χ4n) is 0.992. The first kappa shape index (κ1) is 10.8. The number of hydrogen-bond acceptors (Lipinski definition) is 1. The number of aromatic hydroxyl groups is 1. The molecule has 11 heavy (non-hydrogen) atoms. The quantitative estimate of drug-likeness (QED) is 0.653. The number of rotatable bonds is 2. The van der Waals surface area contributed by atoms with Gasteiger partial charge in [0, 0.05) is 0 Å². The standard InChI is InChI=1S/C9H12O.Mg.2H/c1-2-5-8-6-3-4-7-9(8)10;;;/h3-4,6-7,10H,2,5H2,1H3;;;. The topological polar surface area (TPSA) is 20.2 Å². The summed E-state index contributed by atoms with van der Waals surface area (Å²) in [5, 5.41) is 9.24. The van der Waals surface area contributed by atoms with Gasteiger partial charge in [0.25, 0.3) is 0 Å². The Morgan fingerprint density at radius 3 is 2.45 bits per heavy atom. The van der Waals surface area contributed by atoms with Crippen LogP contribution in [0.25, 0.3) is 0 Å². The van der Waals surface area contributed by atoms with E-state index in [-0.39, 0.29) is 23.1 Å². The minimum atomic E-state index is 0. The average Bonchev–Trinajstić information content (AvgIpc) is 1.94. The molecule has 0 aliphatic heterocycles. The number of para-hydroxylation sites is 1. The van der Waals surface area contributed by atoms with E-state index in [1.165, 1.54) is 0 Å². The zero-order chi connectivity index (χ0) is 7.40. The second-order valence-corrected chi connectivity index (χ2v) is 2.38. The molecule has 1 nitrogen and oxygen atoms in total. The van der Waals surface area contributed by atoms with Crippen LogP contribution in [0.1, 0.15) is 18.9 Å². The van der Waals surface area contributed by atoms with Crippen molar-refractivity contribution in [3.8, 4) is 5.75 Å². The van der Waals surface area contributed by atoms with E-state index in [0.29, 0.717) is 5.75 Å². The second-order valence-electron chi connectivity index (χ2n) is 2.38. The van der Waals surface area contributed by atoms with E-state index in [0.717, 1.165) is 18.4 Å². The second kappa shape index (κ2) is 5.44. The summed E-state index contributed by atoms with van der Waals surface area (Å²) < 4.78 is 0. The number of benzene rings is 1. The van der Waals surface area contributed by atoms with Gasteiger partial charge in [-0.3, -0.25) is 0 Å². The van der Waals surface area contributed by atoms with Crippen molar-refractivity contribution < 1.29 is 5.11 Å². The maximum absolute atomic E-state index is 9.24. The number of phenols is 1. The molecule has 1 aromatic rings. The van der Waals surface area contributed by atoms with Crippen molar-refractivity contribution in [1.29, 1.82) is 0 Å². The van der Waals surface area contributed by atoms with Crippen LogP contribution in [0, 0.1) is 0 Å². The lowest BCUT2D eigenvalue weighted by atomic mass is 10.1. The molecule has 1 N–H and O–H groups in total. The minimum Gasteiger partial charge on any atom is -0.508 e. The highest BCUT2D eigenvalue weighted by Crippen LogP contribution is 2.16. The Balaban J connectivity index is 0.000001000. The maximum Gasteiger partial charge on any atom is 0.316 e. The molecule has 0 amide bonds. The van der Waals surface area contributed by atoms with Gasteiger partial charge < -0.3 is 5.11 Å². The lowest BCUT2D eigenvalue weighted by Crippen LogP contribution is -1.81. The lowest BCUT2D eigenvalue weighted by Gasteiger charge is -1.99. The fraction of sp³-hybridized carbons (Fsp3) is 0.333. The molecule has 0 saturated carbocycles. The number of aryl methyl sites for hydroxylation is 1. The molecule has 0 heterocycles. The Kier molecular flexibility index (Phi) is 5.33. The molecular formula is C9H14MgO. The molecule has 0 fully saturated rings. The van der Waals surface area contributed by atoms with Crippen molar-refractivity contribution in [3.05, 3.63) is 29.8 Å². The summed E-state index contributed by atoms with van der Waals surface area (Å²) in [5.41, 5.74) is 1.05. The normalized spacial score (nSPS) is 8.82. The predicted octanol–water partition coefficient (Wildman–Crippen LogP) is 1.43. The first-order valence-electron chi connectivity index (χ1n) is 3.61. The van der Waals surface area contributed by atoms with Gasteiger partial charge in [0.15, 0.2) is 0 Å². The summed E-state index contributed by atoms with van der Waals surface area (Å²) in [5.74, 6) is 0.421. The van der Waals surface area contributed by atoms with Crippen LogP contribution in [0.15, 0.2) is 24.3 Å². The monoisotopic (exact) mass is 162 g/mol. The van der Waals surface area contributed by atoms with Gasteiger partial charge in [-0.1, -0.05) is 31.5 Å². The van der Waals surface area contributed by atoms with E-state index in [1.54, 1.807) is 6.07 Å². The van der Waals surface area contributed by atoms with Crippen LogP contribution < -0.4 is 0 Å². The molecule has 0 atom stereocenters. The Morgan fingerprint density at radius 1 is 1.27 bits per heavy atom. The molecule has 0 radical (unpaired) electrons. The molecular weight excluding hydrogens is 148 g/mol. The van der Waals surface area contributed by atoms with Crippen LogP contribution in [-0.2, 0) is 6.42 Å². The third-order valence-electron chi connectivity index (χ3n) is 1.51. The third kappa shape index (κ3) is 3.12. The Bertz CT molecular complexity index is 210. The van der Waals surface area contributed by atoms with Crippen LogP contribution in [0.5, 0.6) is 5.75 Å². The molecule has 58 valence electrons. The van der Waals surface area contributed by atoms with Crippen LogP contribution in [0.4, 0.5) is 0 Å². The maximum atomic E-state index is 9.24. The van der Waals surface area contributed by atoms with Crippen molar-refractivity contribution in [2.45, 2.75) is 19.8 Å². The van der Waals surface area contributed by atoms with E-state index in [2.05, 4.69) is 6.92 Å². The van der Waals surface area contributed by atoms with E-state index in [1.807, 2.05) is 18.2 Å². The Morgan fingerprint density at radius 2 is 1.91 bits per heavy atom. The molecule has 0 aliphatic rings. The Hall–Kier alpha value is -0.214. The van der Waals surface area contributed by atoms with Gasteiger partial charge in [-0.25, -0.2) is 0 Å². The highest BCUT2D eigenvalue weighted by atomic mass is 24.3. The van der Waals surface area contributed by atoms with Crippen LogP contribution in [0.2, 0.25) is 0 Å². The summed E-state index contributed by atoms with van der Waals surface area (Å²) >= 11 is 0. The van der Waals surface area contributed by atoms with E-state index >= 15 is 0 Å². The molecule has 1 rings (SSSR count). The summed E-state index contributed by atoms with van der Waals surface area (Å²) in [6, 6.07) is 7.48. The SMILES string of the molecule is CCCc1ccccc1O.[MgH2]. The highest BCUT2D eigenvalue weighted by Gasteiger charge is 1.95. The molecule has 0 aromatic heterocycles. The van der Waals surface area contributed by atoms with Gasteiger partial charge in [-0.2, -0.15) is 0 Å². The molecule has 0 spiro atoms. The smallest absolute Gasteiger partial charge is 0.316 e. The number of hydrogen-bond donors (Lipinski definition) is 1. The minimum absolute atomic E-state index is 0. The molecule has 0 bridgehead atoms. The molecule has 1 aromatic carbocycles. The zero-order valence-corrected chi connectivity index (χ0v) is 6.17. The van der Waals surface area contributed by atoms with Crippen molar-refractivity contribution in [1.82, 2.24) is 0 Å². The van der Waals surface area contributed by atoms with Crippen molar-refractivity contribution in [2.75, 3.05) is 0 Å². The van der Waals surface area contributed by atoms with Crippen LogP contribution >= 0.6 is 0 Å². The van der Waals surface area contributed by atoms with Gasteiger partial charge in [0.1, 0.15) is 5.75 Å². The van der Waals surface area contributed by atoms with Gasteiger partial charge in [0.2, 0.25) is 0 Å². The molecule has 0 saturated heterocycles. The first-order chi connectivity index (χ1) is 4.84. The van der Waals surface area contributed by atoms with Crippen molar-refractivity contribution >= 4 is 23.1 Å². The summed E-state index contributed by atoms with van der Waals surface area (Å²) in [4.78, 5) is 0. The van der Waals surface area contributed by atoms with Crippen molar-refractivity contribution in [2.24, 2.45) is 0 Å². The van der Waals surface area contributed by atoms with Gasteiger partial charge in [-0.15, -0.1) is 0 Å². The summed E-state index contributed by atoms with van der Waals surface area (Å²) in [7, 11) is 0. The highest BCUT2D eigenvalue weighted by molar-refractivity contribution is 5.75. The average molecular weight is 163 g/mol. The van der Waals surface area contributed by atoms with E-state index < -0.39 is 0 Å². The summed E-state index contributed by atoms with van der Waals surface area (Å²) in [6.07, 6.45) is 2.05. The first-order valence-corrected chi connectivity index (χ1v) is 3.61. The van der Waals surface area contributed by atoms with Crippen LogP contribution in [0.3, 0.4) is 0 Å². The lowest BCUT2D eigenvalue weighted by molar-refractivity contribution is 0.467.